The molecule has 0 atom stereocenters. The van der Waals surface area contributed by atoms with Gasteiger partial charge in [-0.05, 0) is 36.2 Å². The molecule has 0 unspecified atom stereocenters. The highest BCUT2D eigenvalue weighted by atomic mass is 35.5. The fraction of sp³-hybridized carbons (Fsp3) is 0.429. The summed E-state index contributed by atoms with van der Waals surface area (Å²) in [5.41, 5.74) is 2.95. The van der Waals surface area contributed by atoms with Gasteiger partial charge in [-0.25, -0.2) is 0 Å². The maximum absolute atomic E-state index is 5.64. The molecule has 0 spiro atoms. The lowest BCUT2D eigenvalue weighted by Crippen LogP contribution is -2.41. The second kappa shape index (κ2) is 9.81. The van der Waals surface area contributed by atoms with E-state index >= 15 is 0 Å². The van der Waals surface area contributed by atoms with Crippen LogP contribution in [0.3, 0.4) is 0 Å². The van der Waals surface area contributed by atoms with Crippen molar-refractivity contribution in [1.82, 2.24) is 4.90 Å². The van der Waals surface area contributed by atoms with Crippen molar-refractivity contribution in [2.45, 2.75) is 6.42 Å². The van der Waals surface area contributed by atoms with Gasteiger partial charge < -0.3 is 14.4 Å². The minimum Gasteiger partial charge on any atom is -0.497 e. The summed E-state index contributed by atoms with van der Waals surface area (Å²) in [7, 11) is 1.62. The Morgan fingerprint density at radius 3 is 2.54 bits per heavy atom. The van der Waals surface area contributed by atoms with Crippen molar-refractivity contribution in [3.05, 3.63) is 59.1 Å². The number of hydrogen-bond donors (Lipinski definition) is 0. The number of rotatable bonds is 4. The summed E-state index contributed by atoms with van der Waals surface area (Å²) >= 11 is 5.64. The van der Waals surface area contributed by atoms with Crippen molar-refractivity contribution in [2.75, 3.05) is 57.9 Å². The number of ether oxygens (including phenoxy) is 2. The number of nitrogens with zero attached hydrogens (tertiary/aromatic N) is 2. The van der Waals surface area contributed by atoms with Gasteiger partial charge in [0.1, 0.15) is 5.75 Å². The Labute approximate surface area is 161 Å². The van der Waals surface area contributed by atoms with Gasteiger partial charge in [-0.3, -0.25) is 4.90 Å². The summed E-state index contributed by atoms with van der Waals surface area (Å²) in [6.07, 6.45) is 1.21. The van der Waals surface area contributed by atoms with Gasteiger partial charge in [-0.1, -0.05) is 35.9 Å². The van der Waals surface area contributed by atoms with Crippen molar-refractivity contribution in [3.8, 4) is 5.75 Å². The number of fused-ring (bicyclic) bond motifs is 1. The lowest BCUT2D eigenvalue weighted by molar-refractivity contribution is 0.0392. The van der Waals surface area contributed by atoms with Crippen molar-refractivity contribution < 1.29 is 9.47 Å². The molecule has 4 rings (SSSR count). The van der Waals surface area contributed by atoms with Crippen molar-refractivity contribution in [2.24, 2.45) is 0 Å². The molecule has 0 amide bonds. The predicted molar refractivity (Wildman–Crippen MR) is 108 cm³/mol. The molecule has 2 heterocycles. The van der Waals surface area contributed by atoms with Crippen molar-refractivity contribution in [3.63, 3.8) is 0 Å². The van der Waals surface area contributed by atoms with Crippen molar-refractivity contribution in [1.29, 1.82) is 0 Å². The number of hydrogen-bond acceptors (Lipinski definition) is 4. The van der Waals surface area contributed by atoms with Gasteiger partial charge in [0, 0.05) is 43.4 Å². The van der Waals surface area contributed by atoms with E-state index in [-0.39, 0.29) is 0 Å². The molecule has 0 N–H and O–H groups in total. The Kier molecular flexibility index (Phi) is 7.18. The molecular formula is C21H27ClN2O2. The summed E-state index contributed by atoms with van der Waals surface area (Å²) < 4.78 is 10.3. The Bertz CT molecular complexity index is 689. The first-order chi connectivity index (χ1) is 12.8. The topological polar surface area (TPSA) is 24.9 Å². The van der Waals surface area contributed by atoms with Crippen LogP contribution < -0.4 is 9.64 Å². The van der Waals surface area contributed by atoms with E-state index in [0.717, 1.165) is 45.1 Å². The van der Waals surface area contributed by atoms with Crippen LogP contribution in [0.2, 0.25) is 5.02 Å². The van der Waals surface area contributed by atoms with Gasteiger partial charge in [-0.2, -0.15) is 0 Å². The van der Waals surface area contributed by atoms with Crippen molar-refractivity contribution >= 4 is 17.3 Å². The van der Waals surface area contributed by atoms with E-state index in [1.165, 1.54) is 24.2 Å². The minimum atomic E-state index is 0.703. The molecule has 5 heteroatoms. The molecule has 1 fully saturated rings. The molecule has 0 aliphatic carbocycles. The maximum atomic E-state index is 5.64. The second-order valence-electron chi connectivity index (χ2n) is 6.48. The van der Waals surface area contributed by atoms with Crippen LogP contribution in [0.1, 0.15) is 5.56 Å². The van der Waals surface area contributed by atoms with Crippen LogP contribution in [0.4, 0.5) is 5.69 Å². The number of benzene rings is 2. The Morgan fingerprint density at radius 2 is 1.81 bits per heavy atom. The standard InChI is InChI=1S/C14H20N2O.C7H7ClO/c1-2-4-14-13(3-1)5-6-16(14)8-7-15-9-11-17-12-10-15;1-9-7-4-2-3-6(8)5-7/h1-4H,5-12H2;2-5H,1H3. The zero-order valence-corrected chi connectivity index (χ0v) is 16.1. The van der Waals surface area contributed by atoms with Gasteiger partial charge in [0.25, 0.3) is 0 Å². The lowest BCUT2D eigenvalue weighted by Gasteiger charge is -2.29. The first-order valence-electron chi connectivity index (χ1n) is 9.19. The third-order valence-electron chi connectivity index (χ3n) is 4.80. The van der Waals surface area contributed by atoms with E-state index in [2.05, 4.69) is 34.1 Å². The number of methoxy groups -OCH3 is 1. The number of anilines is 1. The third-order valence-corrected chi connectivity index (χ3v) is 5.04. The summed E-state index contributed by atoms with van der Waals surface area (Å²) in [5, 5.41) is 0.703. The smallest absolute Gasteiger partial charge is 0.120 e. The largest absolute Gasteiger partial charge is 0.497 e. The highest BCUT2D eigenvalue weighted by Crippen LogP contribution is 2.26. The third kappa shape index (κ3) is 5.37. The number of para-hydroxylation sites is 1. The van der Waals surface area contributed by atoms with Crippen LogP contribution in [0.5, 0.6) is 5.75 Å². The predicted octanol–water partition coefficient (Wildman–Crippen LogP) is 3.73. The van der Waals surface area contributed by atoms with Crippen LogP contribution in [0.15, 0.2) is 48.5 Å². The summed E-state index contributed by atoms with van der Waals surface area (Å²) in [5.74, 6) is 0.794. The molecule has 2 aliphatic heterocycles. The van der Waals surface area contributed by atoms with Gasteiger partial charge in [0.05, 0.1) is 20.3 Å². The Balaban J connectivity index is 0.000000185. The molecule has 140 valence electrons. The Morgan fingerprint density at radius 1 is 1.00 bits per heavy atom. The second-order valence-corrected chi connectivity index (χ2v) is 6.92. The van der Waals surface area contributed by atoms with E-state index in [1.807, 2.05) is 18.2 Å². The van der Waals surface area contributed by atoms with Gasteiger partial charge in [0.15, 0.2) is 0 Å². The fourth-order valence-electron chi connectivity index (χ4n) is 3.32. The number of morpholine rings is 1. The molecule has 0 aromatic heterocycles. The average molecular weight is 375 g/mol. The van der Waals surface area contributed by atoms with E-state index in [9.17, 15) is 0 Å². The SMILES string of the molecule is COc1cccc(Cl)c1.c1ccc2c(c1)CCN2CCN1CCOCC1. The van der Waals surface area contributed by atoms with Crippen LogP contribution >= 0.6 is 11.6 Å². The molecule has 0 bridgehead atoms. The van der Waals surface area contributed by atoms with Crippen LogP contribution in [-0.2, 0) is 11.2 Å². The molecule has 2 aromatic rings. The van der Waals surface area contributed by atoms with Crippen LogP contribution in [0.25, 0.3) is 0 Å². The molecule has 26 heavy (non-hydrogen) atoms. The molecule has 4 nitrogen and oxygen atoms in total. The highest BCUT2D eigenvalue weighted by Gasteiger charge is 2.19. The first-order valence-corrected chi connectivity index (χ1v) is 9.56. The van der Waals surface area contributed by atoms with E-state index in [0.29, 0.717) is 5.02 Å². The Hall–Kier alpha value is -1.75. The molecule has 0 saturated carbocycles. The summed E-state index contributed by atoms with van der Waals surface area (Å²) in [4.78, 5) is 5.02. The fourth-order valence-corrected chi connectivity index (χ4v) is 3.50. The highest BCUT2D eigenvalue weighted by molar-refractivity contribution is 6.30. The lowest BCUT2D eigenvalue weighted by atomic mass is 10.2. The summed E-state index contributed by atoms with van der Waals surface area (Å²) in [6, 6.07) is 16.1. The zero-order valence-electron chi connectivity index (χ0n) is 15.4. The van der Waals surface area contributed by atoms with Crippen LogP contribution in [0, 0.1) is 0 Å². The molecule has 2 aliphatic rings. The molecule has 1 saturated heterocycles. The monoisotopic (exact) mass is 374 g/mol. The normalized spacial score (nSPS) is 16.6. The van der Waals surface area contributed by atoms with Crippen LogP contribution in [-0.4, -0.2) is 57.9 Å². The van der Waals surface area contributed by atoms with E-state index in [4.69, 9.17) is 21.1 Å². The van der Waals surface area contributed by atoms with E-state index < -0.39 is 0 Å². The number of halogens is 1. The quantitative estimate of drug-likeness (QED) is 0.814. The van der Waals surface area contributed by atoms with Gasteiger partial charge in [0.2, 0.25) is 0 Å². The molecular weight excluding hydrogens is 348 g/mol. The average Bonchev–Trinajstić information content (AvgIpc) is 3.11. The molecule has 0 radical (unpaired) electrons. The van der Waals surface area contributed by atoms with Gasteiger partial charge >= 0.3 is 0 Å². The van der Waals surface area contributed by atoms with Gasteiger partial charge in [-0.15, -0.1) is 0 Å². The van der Waals surface area contributed by atoms with E-state index in [1.54, 1.807) is 13.2 Å². The first kappa shape index (κ1) is 19.0. The maximum Gasteiger partial charge on any atom is 0.120 e. The molecule has 2 aromatic carbocycles. The summed E-state index contributed by atoms with van der Waals surface area (Å²) in [6.45, 7) is 7.48. The minimum absolute atomic E-state index is 0.703. The zero-order chi connectivity index (χ0) is 18.2.